The van der Waals surface area contributed by atoms with Crippen LogP contribution >= 0.6 is 0 Å². The number of imide groups is 1. The number of carbonyl (C=O) groups excluding carboxylic acids is 2. The normalized spacial score (nSPS) is 27.3. The van der Waals surface area contributed by atoms with Gasteiger partial charge in [0.2, 0.25) is 11.8 Å². The monoisotopic (exact) mass is 227 g/mol. The Kier molecular flexibility index (Phi) is 3.67. The minimum absolute atomic E-state index is 0.185. The molecule has 1 aliphatic rings. The van der Waals surface area contributed by atoms with Crippen molar-refractivity contribution < 1.29 is 19.5 Å². The Morgan fingerprint density at radius 3 is 2.12 bits per heavy atom. The number of nitrogens with zero attached hydrogens (tertiary/aromatic N) is 1. The van der Waals surface area contributed by atoms with Gasteiger partial charge >= 0.3 is 5.97 Å². The zero-order valence-corrected chi connectivity index (χ0v) is 9.77. The van der Waals surface area contributed by atoms with E-state index in [1.807, 2.05) is 0 Å². The number of carboxylic acid groups (broad SMARTS) is 1. The Morgan fingerprint density at radius 1 is 1.31 bits per heavy atom. The van der Waals surface area contributed by atoms with E-state index in [-0.39, 0.29) is 30.2 Å². The summed E-state index contributed by atoms with van der Waals surface area (Å²) in [6.07, 6.45) is 0.312. The largest absolute Gasteiger partial charge is 0.481 e. The number of hydrogen-bond donors (Lipinski definition) is 1. The van der Waals surface area contributed by atoms with E-state index in [9.17, 15) is 14.4 Å². The van der Waals surface area contributed by atoms with Gasteiger partial charge in [0.05, 0.1) is 5.92 Å². The first-order chi connectivity index (χ1) is 7.36. The molecule has 3 unspecified atom stereocenters. The van der Waals surface area contributed by atoms with Gasteiger partial charge in [-0.15, -0.1) is 0 Å². The van der Waals surface area contributed by atoms with Gasteiger partial charge in [0.1, 0.15) is 0 Å². The Hall–Kier alpha value is -1.39. The van der Waals surface area contributed by atoms with E-state index in [0.717, 1.165) is 0 Å². The zero-order valence-electron chi connectivity index (χ0n) is 9.77. The predicted octanol–water partition coefficient (Wildman–Crippen LogP) is 0.738. The summed E-state index contributed by atoms with van der Waals surface area (Å²) in [5.41, 5.74) is 0. The molecule has 0 aromatic rings. The quantitative estimate of drug-likeness (QED) is 0.719. The first-order valence-corrected chi connectivity index (χ1v) is 5.44. The van der Waals surface area contributed by atoms with Crippen molar-refractivity contribution in [2.24, 2.45) is 17.8 Å². The molecule has 3 atom stereocenters. The van der Waals surface area contributed by atoms with E-state index < -0.39 is 11.9 Å². The summed E-state index contributed by atoms with van der Waals surface area (Å²) in [6, 6.07) is 0. The second-order valence-corrected chi connectivity index (χ2v) is 4.43. The fourth-order valence-corrected chi connectivity index (χ4v) is 1.69. The highest BCUT2D eigenvalue weighted by Crippen LogP contribution is 2.25. The molecule has 16 heavy (non-hydrogen) atoms. The van der Waals surface area contributed by atoms with Crippen LogP contribution in [-0.4, -0.2) is 34.3 Å². The summed E-state index contributed by atoms with van der Waals surface area (Å²) >= 11 is 0. The van der Waals surface area contributed by atoms with Crippen LogP contribution in [0, 0.1) is 17.8 Å². The lowest BCUT2D eigenvalue weighted by Gasteiger charge is -2.15. The number of carbonyl (C=O) groups is 3. The smallest absolute Gasteiger partial charge is 0.306 e. The van der Waals surface area contributed by atoms with Gasteiger partial charge in [-0.25, -0.2) is 0 Å². The molecule has 0 aromatic heterocycles. The number of rotatable bonds is 4. The number of amides is 2. The van der Waals surface area contributed by atoms with E-state index in [4.69, 9.17) is 5.11 Å². The number of carboxylic acids is 1. The number of hydrogen-bond acceptors (Lipinski definition) is 3. The van der Waals surface area contributed by atoms with Gasteiger partial charge in [-0.2, -0.15) is 0 Å². The molecule has 5 nitrogen and oxygen atoms in total. The fourth-order valence-electron chi connectivity index (χ4n) is 1.69. The van der Waals surface area contributed by atoms with Crippen LogP contribution in [0.2, 0.25) is 0 Å². The standard InChI is InChI=1S/C11H17NO4/c1-6(11(15)16)4-5-12-9(13)7(2)8(3)10(12)14/h6-8H,4-5H2,1-3H3,(H,15,16). The molecule has 0 saturated carbocycles. The molecular weight excluding hydrogens is 210 g/mol. The van der Waals surface area contributed by atoms with Crippen molar-refractivity contribution in [2.45, 2.75) is 27.2 Å². The first-order valence-electron chi connectivity index (χ1n) is 5.44. The van der Waals surface area contributed by atoms with Gasteiger partial charge < -0.3 is 5.11 Å². The van der Waals surface area contributed by atoms with Crippen LogP contribution in [0.15, 0.2) is 0 Å². The van der Waals surface area contributed by atoms with Crippen molar-refractivity contribution in [2.75, 3.05) is 6.54 Å². The maximum absolute atomic E-state index is 11.7. The first kappa shape index (κ1) is 12.7. The summed E-state index contributed by atoms with van der Waals surface area (Å²) in [6.45, 7) is 5.23. The highest BCUT2D eigenvalue weighted by molar-refractivity contribution is 6.04. The van der Waals surface area contributed by atoms with Gasteiger partial charge in [0.15, 0.2) is 0 Å². The minimum atomic E-state index is -0.903. The third-order valence-electron chi connectivity index (χ3n) is 3.27. The van der Waals surface area contributed by atoms with Gasteiger partial charge in [0, 0.05) is 18.4 Å². The molecule has 0 aliphatic carbocycles. The summed E-state index contributed by atoms with van der Waals surface area (Å²) in [4.78, 5) is 35.1. The lowest BCUT2D eigenvalue weighted by Crippen LogP contribution is -2.33. The van der Waals surface area contributed by atoms with Crippen molar-refractivity contribution in [3.05, 3.63) is 0 Å². The van der Waals surface area contributed by atoms with Gasteiger partial charge in [-0.05, 0) is 6.42 Å². The molecule has 1 N–H and O–H groups in total. The third kappa shape index (κ3) is 2.23. The summed E-state index contributed by atoms with van der Waals surface area (Å²) < 4.78 is 0. The molecule has 1 heterocycles. The Balaban J connectivity index is 2.59. The van der Waals surface area contributed by atoms with Crippen LogP contribution in [0.5, 0.6) is 0 Å². The maximum Gasteiger partial charge on any atom is 0.306 e. The molecule has 1 aliphatic heterocycles. The van der Waals surface area contributed by atoms with Gasteiger partial charge in [-0.1, -0.05) is 20.8 Å². The molecule has 1 rings (SSSR count). The van der Waals surface area contributed by atoms with Crippen molar-refractivity contribution in [1.29, 1.82) is 0 Å². The van der Waals surface area contributed by atoms with Gasteiger partial charge in [0.25, 0.3) is 0 Å². The lowest BCUT2D eigenvalue weighted by atomic mass is 10.00. The molecule has 2 amide bonds. The highest BCUT2D eigenvalue weighted by atomic mass is 16.4. The Morgan fingerprint density at radius 2 is 1.75 bits per heavy atom. The van der Waals surface area contributed by atoms with E-state index >= 15 is 0 Å². The Labute approximate surface area is 94.4 Å². The van der Waals surface area contributed by atoms with Gasteiger partial charge in [-0.3, -0.25) is 19.3 Å². The molecule has 0 aromatic carbocycles. The minimum Gasteiger partial charge on any atom is -0.481 e. The molecule has 1 fully saturated rings. The maximum atomic E-state index is 11.7. The average Bonchev–Trinajstić information content (AvgIpc) is 2.41. The summed E-state index contributed by atoms with van der Waals surface area (Å²) in [5, 5.41) is 8.70. The zero-order chi connectivity index (χ0) is 12.5. The van der Waals surface area contributed by atoms with Crippen LogP contribution in [0.25, 0.3) is 0 Å². The van der Waals surface area contributed by atoms with E-state index in [1.165, 1.54) is 4.90 Å². The van der Waals surface area contributed by atoms with E-state index in [0.29, 0.717) is 6.42 Å². The predicted molar refractivity (Wildman–Crippen MR) is 56.5 cm³/mol. The van der Waals surface area contributed by atoms with Crippen molar-refractivity contribution in [1.82, 2.24) is 4.90 Å². The topological polar surface area (TPSA) is 74.7 Å². The molecule has 0 spiro atoms. The molecule has 5 heteroatoms. The van der Waals surface area contributed by atoms with Crippen LogP contribution in [0.4, 0.5) is 0 Å². The van der Waals surface area contributed by atoms with Crippen molar-refractivity contribution in [3.8, 4) is 0 Å². The Bertz CT molecular complexity index is 306. The fraction of sp³-hybridized carbons (Fsp3) is 0.727. The number of aliphatic carboxylic acids is 1. The molecule has 0 bridgehead atoms. The average molecular weight is 227 g/mol. The van der Waals surface area contributed by atoms with Crippen LogP contribution in [0.3, 0.4) is 0 Å². The molecule has 0 radical (unpaired) electrons. The van der Waals surface area contributed by atoms with Crippen molar-refractivity contribution in [3.63, 3.8) is 0 Å². The third-order valence-corrected chi connectivity index (χ3v) is 3.27. The SMILES string of the molecule is CC(CCN1C(=O)C(C)C(C)C1=O)C(=O)O. The van der Waals surface area contributed by atoms with E-state index in [1.54, 1.807) is 20.8 Å². The summed E-state index contributed by atoms with van der Waals surface area (Å²) in [5.74, 6) is -2.38. The molecule has 1 saturated heterocycles. The second-order valence-electron chi connectivity index (χ2n) is 4.43. The van der Waals surface area contributed by atoms with E-state index in [2.05, 4.69) is 0 Å². The highest BCUT2D eigenvalue weighted by Gasteiger charge is 2.41. The second kappa shape index (κ2) is 4.63. The molecular formula is C11H17NO4. The van der Waals surface area contributed by atoms with Crippen LogP contribution in [-0.2, 0) is 14.4 Å². The lowest BCUT2D eigenvalue weighted by molar-refractivity contribution is -0.144. The van der Waals surface area contributed by atoms with Crippen LogP contribution < -0.4 is 0 Å². The van der Waals surface area contributed by atoms with Crippen molar-refractivity contribution >= 4 is 17.8 Å². The molecule has 90 valence electrons. The van der Waals surface area contributed by atoms with Crippen LogP contribution in [0.1, 0.15) is 27.2 Å². The summed E-state index contributed by atoms with van der Waals surface area (Å²) in [7, 11) is 0. The number of likely N-dealkylation sites (tertiary alicyclic amines) is 1.